The minimum atomic E-state index is -2.85. The molecular weight excluding hydrogens is 254 g/mol. The van der Waals surface area contributed by atoms with Crippen LogP contribution in [0, 0.1) is 0 Å². The first-order chi connectivity index (χ1) is 8.50. The van der Waals surface area contributed by atoms with E-state index in [2.05, 4.69) is 27.2 Å². The second-order valence-electron chi connectivity index (χ2n) is 4.72. The third kappa shape index (κ3) is 3.26. The van der Waals surface area contributed by atoms with Gasteiger partial charge in [0.2, 0.25) is 0 Å². The first-order valence-corrected chi connectivity index (χ1v) is 7.99. The second kappa shape index (κ2) is 5.31. The number of hydrogen-bond donors (Lipinski definition) is 0. The van der Waals surface area contributed by atoms with Gasteiger partial charge in [-0.3, -0.25) is 4.90 Å². The number of tetrazole rings is 1. The largest absolute Gasteiger partial charge is 0.292 e. The summed E-state index contributed by atoms with van der Waals surface area (Å²) in [7, 11) is -1.13. The maximum atomic E-state index is 11.5. The molecule has 102 valence electrons. The van der Waals surface area contributed by atoms with Gasteiger partial charge in [0.15, 0.2) is 15.7 Å². The van der Waals surface area contributed by atoms with Crippen LogP contribution in [0.5, 0.6) is 0 Å². The van der Waals surface area contributed by atoms with Crippen molar-refractivity contribution in [2.75, 3.05) is 18.1 Å². The molecule has 8 heteroatoms. The van der Waals surface area contributed by atoms with Crippen molar-refractivity contribution in [3.05, 3.63) is 5.82 Å². The van der Waals surface area contributed by atoms with Crippen LogP contribution in [-0.2, 0) is 23.4 Å². The topological polar surface area (TPSA) is 81.0 Å². The van der Waals surface area contributed by atoms with Crippen molar-refractivity contribution >= 4 is 9.84 Å². The van der Waals surface area contributed by atoms with Crippen molar-refractivity contribution in [1.82, 2.24) is 25.1 Å². The molecule has 1 fully saturated rings. The van der Waals surface area contributed by atoms with E-state index in [0.29, 0.717) is 24.5 Å². The van der Waals surface area contributed by atoms with Gasteiger partial charge in [0, 0.05) is 6.04 Å². The molecule has 0 N–H and O–H groups in total. The van der Waals surface area contributed by atoms with Crippen LogP contribution < -0.4 is 0 Å². The average Bonchev–Trinajstić information content (AvgIpc) is 2.84. The lowest BCUT2D eigenvalue weighted by atomic mass is 10.2. The lowest BCUT2D eigenvalue weighted by Gasteiger charge is -2.25. The molecule has 1 saturated heterocycles. The Bertz CT molecular complexity index is 498. The van der Waals surface area contributed by atoms with Gasteiger partial charge in [-0.2, -0.15) is 4.80 Å². The standard InChI is InChI=1S/C10H19N5O2S/c1-3-5-15(7-10-11-13-14(2)12-10)9-4-6-18(16,17)8-9/h9H,3-8H2,1-2H3. The molecule has 0 spiro atoms. The van der Waals surface area contributed by atoms with Gasteiger partial charge in [0.1, 0.15) is 0 Å². The molecule has 18 heavy (non-hydrogen) atoms. The van der Waals surface area contributed by atoms with Crippen molar-refractivity contribution in [3.63, 3.8) is 0 Å². The fraction of sp³-hybridized carbons (Fsp3) is 0.900. The predicted molar refractivity (Wildman–Crippen MR) is 66.6 cm³/mol. The van der Waals surface area contributed by atoms with Crippen LogP contribution >= 0.6 is 0 Å². The Kier molecular flexibility index (Phi) is 3.96. The Labute approximate surface area is 107 Å². The Morgan fingerprint density at radius 2 is 2.28 bits per heavy atom. The van der Waals surface area contributed by atoms with Gasteiger partial charge in [-0.05, 0) is 24.6 Å². The molecule has 1 unspecified atom stereocenters. The highest BCUT2D eigenvalue weighted by atomic mass is 32.2. The predicted octanol–water partition coefficient (Wildman–Crippen LogP) is -0.391. The van der Waals surface area contributed by atoms with Crippen LogP contribution in [0.2, 0.25) is 0 Å². The molecule has 0 bridgehead atoms. The van der Waals surface area contributed by atoms with Crippen LogP contribution in [0.3, 0.4) is 0 Å². The average molecular weight is 273 g/mol. The lowest BCUT2D eigenvalue weighted by Crippen LogP contribution is -2.36. The van der Waals surface area contributed by atoms with Crippen LogP contribution in [0.1, 0.15) is 25.6 Å². The van der Waals surface area contributed by atoms with Gasteiger partial charge in [0.05, 0.1) is 25.1 Å². The van der Waals surface area contributed by atoms with Crippen LogP contribution in [0.4, 0.5) is 0 Å². The quantitative estimate of drug-likeness (QED) is 0.727. The maximum absolute atomic E-state index is 11.5. The number of nitrogens with zero attached hydrogens (tertiary/aromatic N) is 5. The molecule has 0 saturated carbocycles. The molecule has 1 aromatic heterocycles. The highest BCUT2D eigenvalue weighted by Gasteiger charge is 2.32. The summed E-state index contributed by atoms with van der Waals surface area (Å²) in [6.07, 6.45) is 1.69. The van der Waals surface area contributed by atoms with E-state index in [4.69, 9.17) is 0 Å². The van der Waals surface area contributed by atoms with Crippen LogP contribution in [0.15, 0.2) is 0 Å². The summed E-state index contributed by atoms with van der Waals surface area (Å²) >= 11 is 0. The summed E-state index contributed by atoms with van der Waals surface area (Å²) < 4.78 is 23.1. The molecule has 0 amide bonds. The molecule has 0 aromatic carbocycles. The number of aromatic nitrogens is 4. The van der Waals surface area contributed by atoms with Gasteiger partial charge >= 0.3 is 0 Å². The molecule has 0 aliphatic carbocycles. The monoisotopic (exact) mass is 273 g/mol. The summed E-state index contributed by atoms with van der Waals surface area (Å²) in [5.41, 5.74) is 0. The summed E-state index contributed by atoms with van der Waals surface area (Å²) in [6.45, 7) is 3.51. The second-order valence-corrected chi connectivity index (χ2v) is 6.95. The normalized spacial score (nSPS) is 22.7. The molecule has 1 aliphatic heterocycles. The van der Waals surface area contributed by atoms with E-state index in [1.807, 2.05) is 0 Å². The summed E-state index contributed by atoms with van der Waals surface area (Å²) in [4.78, 5) is 3.58. The highest BCUT2D eigenvalue weighted by Crippen LogP contribution is 2.19. The van der Waals surface area contributed by atoms with Crippen molar-refractivity contribution < 1.29 is 8.42 Å². The summed E-state index contributed by atoms with van der Waals surface area (Å²) in [6, 6.07) is 0.0961. The van der Waals surface area contributed by atoms with E-state index in [9.17, 15) is 8.42 Å². The fourth-order valence-corrected chi connectivity index (χ4v) is 4.07. The number of hydrogen-bond acceptors (Lipinski definition) is 6. The Morgan fingerprint density at radius 1 is 1.50 bits per heavy atom. The minimum absolute atomic E-state index is 0.0961. The van der Waals surface area contributed by atoms with Crippen molar-refractivity contribution in [2.24, 2.45) is 7.05 Å². The summed E-state index contributed by atoms with van der Waals surface area (Å²) in [5, 5.41) is 11.9. The van der Waals surface area contributed by atoms with Gasteiger partial charge in [0.25, 0.3) is 0 Å². The van der Waals surface area contributed by atoms with E-state index in [0.717, 1.165) is 13.0 Å². The molecule has 0 radical (unpaired) electrons. The number of sulfone groups is 1. The van der Waals surface area contributed by atoms with E-state index in [-0.39, 0.29) is 11.8 Å². The zero-order valence-electron chi connectivity index (χ0n) is 10.8. The summed E-state index contributed by atoms with van der Waals surface area (Å²) in [5.74, 6) is 1.20. The molecule has 2 heterocycles. The SMILES string of the molecule is CCCN(Cc1nnn(C)n1)C1CCS(=O)(=O)C1. The van der Waals surface area contributed by atoms with E-state index in [1.54, 1.807) is 7.05 Å². The highest BCUT2D eigenvalue weighted by molar-refractivity contribution is 7.91. The molecule has 1 aliphatic rings. The van der Waals surface area contributed by atoms with Crippen LogP contribution in [-0.4, -0.2) is 57.6 Å². The van der Waals surface area contributed by atoms with Gasteiger partial charge in [-0.1, -0.05) is 6.92 Å². The van der Waals surface area contributed by atoms with Crippen molar-refractivity contribution in [2.45, 2.75) is 32.4 Å². The Morgan fingerprint density at radius 3 is 2.78 bits per heavy atom. The van der Waals surface area contributed by atoms with Crippen LogP contribution in [0.25, 0.3) is 0 Å². The van der Waals surface area contributed by atoms with Crippen molar-refractivity contribution in [1.29, 1.82) is 0 Å². The van der Waals surface area contributed by atoms with Crippen molar-refractivity contribution in [3.8, 4) is 0 Å². The molecule has 1 atom stereocenters. The fourth-order valence-electron chi connectivity index (χ4n) is 2.31. The van der Waals surface area contributed by atoms with Gasteiger partial charge < -0.3 is 0 Å². The molecular formula is C10H19N5O2S. The number of rotatable bonds is 5. The third-order valence-electron chi connectivity index (χ3n) is 3.13. The first-order valence-electron chi connectivity index (χ1n) is 6.17. The van der Waals surface area contributed by atoms with E-state index < -0.39 is 9.84 Å². The van der Waals surface area contributed by atoms with E-state index >= 15 is 0 Å². The minimum Gasteiger partial charge on any atom is -0.292 e. The van der Waals surface area contributed by atoms with Gasteiger partial charge in [-0.25, -0.2) is 8.42 Å². The zero-order chi connectivity index (χ0) is 13.2. The smallest absolute Gasteiger partial charge is 0.188 e. The number of aryl methyl sites for hydroxylation is 1. The Hall–Kier alpha value is -1.02. The maximum Gasteiger partial charge on any atom is 0.188 e. The molecule has 7 nitrogen and oxygen atoms in total. The van der Waals surface area contributed by atoms with Gasteiger partial charge in [-0.15, -0.1) is 10.2 Å². The first kappa shape index (κ1) is 13.4. The zero-order valence-corrected chi connectivity index (χ0v) is 11.6. The third-order valence-corrected chi connectivity index (χ3v) is 4.88. The van der Waals surface area contributed by atoms with E-state index in [1.165, 1.54) is 4.80 Å². The molecule has 2 rings (SSSR count). The Balaban J connectivity index is 2.04. The molecule has 1 aromatic rings. The lowest BCUT2D eigenvalue weighted by molar-refractivity contribution is 0.198.